The van der Waals surface area contributed by atoms with E-state index in [2.05, 4.69) is 15.5 Å². The Labute approximate surface area is 225 Å². The molecule has 1 N–H and O–H groups in total. The summed E-state index contributed by atoms with van der Waals surface area (Å²) in [5, 5.41) is 21.6. The number of anilines is 3. The average Bonchev–Trinajstić information content (AvgIpc) is 3.23. The fraction of sp³-hybridized carbons (Fsp3) is 0.480. The van der Waals surface area contributed by atoms with Crippen LogP contribution in [-0.2, 0) is 20.6 Å². The summed E-state index contributed by atoms with van der Waals surface area (Å²) in [6.07, 6.45) is -2.11. The Bertz CT molecular complexity index is 1210. The zero-order valence-corrected chi connectivity index (χ0v) is 22.7. The second kappa shape index (κ2) is 11.5. The van der Waals surface area contributed by atoms with E-state index < -0.39 is 34.4 Å². The Morgan fingerprint density at radius 2 is 1.67 bits per heavy atom. The van der Waals surface area contributed by atoms with Crippen LogP contribution < -0.4 is 10.2 Å². The molecule has 3 rings (SSSR count). The minimum Gasteiger partial charge on any atom is -0.447 e. The highest BCUT2D eigenvalue weighted by Crippen LogP contribution is 2.35. The van der Waals surface area contributed by atoms with E-state index in [1.165, 1.54) is 12.1 Å². The molecule has 1 aromatic carbocycles. The molecule has 0 saturated carbocycles. The van der Waals surface area contributed by atoms with E-state index in [-0.39, 0.29) is 24.7 Å². The Morgan fingerprint density at radius 1 is 1.03 bits per heavy atom. The van der Waals surface area contributed by atoms with Crippen LogP contribution in [0.5, 0.6) is 0 Å². The summed E-state index contributed by atoms with van der Waals surface area (Å²) in [4.78, 5) is 50.5. The SMILES string of the molecule is CC(C)(C)OC(=O)N(CCOC(=O)Nc1ccc(N2CCc3cc([N+](=O)[O-])ccc32)nn1)C(=O)OC(C)(C)C. The zero-order valence-electron chi connectivity index (χ0n) is 22.7. The van der Waals surface area contributed by atoms with Crippen molar-refractivity contribution in [2.75, 3.05) is 29.9 Å². The average molecular weight is 545 g/mol. The number of fused-ring (bicyclic) bond motifs is 1. The Kier molecular flexibility index (Phi) is 8.57. The van der Waals surface area contributed by atoms with Crippen LogP contribution in [0.1, 0.15) is 47.1 Å². The molecular formula is C25H32N6O8. The highest BCUT2D eigenvalue weighted by molar-refractivity contribution is 5.88. The maximum atomic E-state index is 12.5. The first kappa shape index (κ1) is 29.1. The molecule has 1 aromatic heterocycles. The van der Waals surface area contributed by atoms with Crippen molar-refractivity contribution < 1.29 is 33.5 Å². The van der Waals surface area contributed by atoms with Crippen molar-refractivity contribution in [3.63, 3.8) is 0 Å². The van der Waals surface area contributed by atoms with Gasteiger partial charge in [-0.05, 0) is 71.7 Å². The highest BCUT2D eigenvalue weighted by atomic mass is 16.6. The fourth-order valence-electron chi connectivity index (χ4n) is 3.54. The van der Waals surface area contributed by atoms with Gasteiger partial charge in [-0.3, -0.25) is 15.4 Å². The van der Waals surface area contributed by atoms with Gasteiger partial charge in [0.1, 0.15) is 17.8 Å². The highest BCUT2D eigenvalue weighted by Gasteiger charge is 2.31. The molecule has 0 spiro atoms. The van der Waals surface area contributed by atoms with Gasteiger partial charge in [0.15, 0.2) is 11.6 Å². The number of rotatable bonds is 6. The van der Waals surface area contributed by atoms with Crippen LogP contribution in [0.25, 0.3) is 0 Å². The third kappa shape index (κ3) is 8.25. The van der Waals surface area contributed by atoms with Crippen LogP contribution in [-0.4, -0.2) is 69.2 Å². The van der Waals surface area contributed by atoms with Crippen molar-refractivity contribution in [1.29, 1.82) is 0 Å². The zero-order chi connectivity index (χ0) is 29.0. The summed E-state index contributed by atoms with van der Waals surface area (Å²) in [5.41, 5.74) is -0.0383. The van der Waals surface area contributed by atoms with E-state index in [1.807, 2.05) is 4.90 Å². The topological polar surface area (TPSA) is 166 Å². The molecule has 0 atom stereocenters. The number of amides is 3. The van der Waals surface area contributed by atoms with Crippen molar-refractivity contribution in [3.05, 3.63) is 46.0 Å². The molecule has 0 unspecified atom stereocenters. The minimum atomic E-state index is -0.930. The molecule has 0 saturated heterocycles. The van der Waals surface area contributed by atoms with Crippen molar-refractivity contribution in [1.82, 2.24) is 15.1 Å². The van der Waals surface area contributed by atoms with E-state index >= 15 is 0 Å². The molecule has 14 heteroatoms. The minimum absolute atomic E-state index is 0.0278. The number of nitrogens with one attached hydrogen (secondary N) is 1. The number of aromatic nitrogens is 2. The lowest BCUT2D eigenvalue weighted by Gasteiger charge is -2.28. The van der Waals surface area contributed by atoms with Crippen LogP contribution >= 0.6 is 0 Å². The van der Waals surface area contributed by atoms with Gasteiger partial charge in [0.25, 0.3) is 5.69 Å². The first-order chi connectivity index (χ1) is 18.1. The number of hydrogen-bond acceptors (Lipinski definition) is 11. The number of nitro groups is 1. The van der Waals surface area contributed by atoms with Gasteiger partial charge < -0.3 is 19.1 Å². The molecule has 2 aromatic rings. The van der Waals surface area contributed by atoms with Gasteiger partial charge in [0, 0.05) is 24.4 Å². The molecule has 210 valence electrons. The molecule has 3 amide bonds. The number of nitrogens with zero attached hydrogens (tertiary/aromatic N) is 5. The van der Waals surface area contributed by atoms with Crippen molar-refractivity contribution in [2.45, 2.75) is 59.2 Å². The first-order valence-electron chi connectivity index (χ1n) is 12.2. The number of non-ortho nitro benzene ring substituents is 1. The second-order valence-corrected chi connectivity index (χ2v) is 10.6. The molecule has 0 fully saturated rings. The van der Waals surface area contributed by atoms with E-state index in [0.717, 1.165) is 16.2 Å². The number of benzene rings is 1. The fourth-order valence-corrected chi connectivity index (χ4v) is 3.54. The Balaban J connectivity index is 1.56. The first-order valence-corrected chi connectivity index (χ1v) is 12.2. The van der Waals surface area contributed by atoms with Gasteiger partial charge in [-0.15, -0.1) is 10.2 Å². The van der Waals surface area contributed by atoms with Crippen LogP contribution in [0, 0.1) is 10.1 Å². The summed E-state index contributed by atoms with van der Waals surface area (Å²) in [7, 11) is 0. The summed E-state index contributed by atoms with van der Waals surface area (Å²) < 4.78 is 15.6. The monoisotopic (exact) mass is 544 g/mol. The third-order valence-electron chi connectivity index (χ3n) is 5.10. The molecule has 0 bridgehead atoms. The predicted octanol–water partition coefficient (Wildman–Crippen LogP) is 4.80. The lowest BCUT2D eigenvalue weighted by atomic mass is 10.1. The van der Waals surface area contributed by atoms with E-state index in [9.17, 15) is 24.5 Å². The van der Waals surface area contributed by atoms with Crippen LogP contribution in [0.3, 0.4) is 0 Å². The molecule has 2 heterocycles. The maximum absolute atomic E-state index is 12.5. The Morgan fingerprint density at radius 3 is 2.21 bits per heavy atom. The van der Waals surface area contributed by atoms with Gasteiger partial charge >= 0.3 is 18.3 Å². The second-order valence-electron chi connectivity index (χ2n) is 10.6. The lowest BCUT2D eigenvalue weighted by molar-refractivity contribution is -0.384. The van der Waals surface area contributed by atoms with Crippen molar-refractivity contribution in [2.24, 2.45) is 0 Å². The molecule has 14 nitrogen and oxygen atoms in total. The van der Waals surface area contributed by atoms with E-state index in [4.69, 9.17) is 14.2 Å². The molecule has 39 heavy (non-hydrogen) atoms. The summed E-state index contributed by atoms with van der Waals surface area (Å²) in [6, 6.07) is 7.82. The normalized spacial score (nSPS) is 12.8. The summed E-state index contributed by atoms with van der Waals surface area (Å²) in [6.45, 7) is 9.89. The van der Waals surface area contributed by atoms with Gasteiger partial charge in [-0.25, -0.2) is 19.3 Å². The van der Waals surface area contributed by atoms with Crippen LogP contribution in [0.15, 0.2) is 30.3 Å². The van der Waals surface area contributed by atoms with E-state index in [1.54, 1.807) is 59.7 Å². The van der Waals surface area contributed by atoms with Gasteiger partial charge in [-0.1, -0.05) is 0 Å². The van der Waals surface area contributed by atoms with Gasteiger partial charge in [-0.2, -0.15) is 0 Å². The van der Waals surface area contributed by atoms with Crippen molar-refractivity contribution in [3.8, 4) is 0 Å². The Hall–Kier alpha value is -4.49. The number of imide groups is 1. The molecule has 1 aliphatic heterocycles. The number of nitro benzene ring substituents is 1. The smallest absolute Gasteiger partial charge is 0.419 e. The number of carbonyl (C=O) groups is 3. The largest absolute Gasteiger partial charge is 0.447 e. The molecule has 1 aliphatic rings. The van der Waals surface area contributed by atoms with E-state index in [0.29, 0.717) is 18.8 Å². The third-order valence-corrected chi connectivity index (χ3v) is 5.10. The van der Waals surface area contributed by atoms with Crippen LogP contribution in [0.4, 0.5) is 37.4 Å². The number of carbonyl (C=O) groups excluding carboxylic acids is 3. The van der Waals surface area contributed by atoms with Crippen LogP contribution in [0.2, 0.25) is 0 Å². The lowest BCUT2D eigenvalue weighted by Crippen LogP contribution is -2.45. The maximum Gasteiger partial charge on any atom is 0.419 e. The number of ether oxygens (including phenoxy) is 3. The van der Waals surface area contributed by atoms with Crippen molar-refractivity contribution >= 4 is 41.3 Å². The number of hydrogen-bond donors (Lipinski definition) is 1. The van der Waals surface area contributed by atoms with Gasteiger partial charge in [0.2, 0.25) is 0 Å². The molecular weight excluding hydrogens is 512 g/mol. The quantitative estimate of drug-likeness (QED) is 0.301. The molecule has 0 radical (unpaired) electrons. The predicted molar refractivity (Wildman–Crippen MR) is 140 cm³/mol. The van der Waals surface area contributed by atoms with Gasteiger partial charge in [0.05, 0.1) is 11.5 Å². The summed E-state index contributed by atoms with van der Waals surface area (Å²) >= 11 is 0. The standard InChI is InChI=1S/C25H32N6O8/c1-24(2,3)38-22(33)30(23(34)39-25(4,5)6)13-14-37-21(32)26-19-9-10-20(28-27-19)29-12-11-16-15-17(31(35)36)7-8-18(16)29/h7-10,15H,11-14H2,1-6H3,(H,26,27,32). The molecule has 0 aliphatic carbocycles. The summed E-state index contributed by atoms with van der Waals surface area (Å²) in [5.74, 6) is 0.620.